The SMILES string of the molecule is O=C=Nc1cccc(C(=O)Nc2cccnc2)c1. The number of benzene rings is 1. The Morgan fingerprint density at radius 1 is 1.28 bits per heavy atom. The fraction of sp³-hybridized carbons (Fsp3) is 0. The molecule has 0 aliphatic rings. The molecular formula is C13H9N3O2. The highest BCUT2D eigenvalue weighted by atomic mass is 16.1. The van der Waals surface area contributed by atoms with Gasteiger partial charge in [-0.15, -0.1) is 0 Å². The normalized spacial score (nSPS) is 9.33. The minimum absolute atomic E-state index is 0.286. The largest absolute Gasteiger partial charge is 0.321 e. The van der Waals surface area contributed by atoms with Crippen molar-refractivity contribution in [2.75, 3.05) is 5.32 Å². The first-order valence-electron chi connectivity index (χ1n) is 5.19. The smallest absolute Gasteiger partial charge is 0.255 e. The van der Waals surface area contributed by atoms with Gasteiger partial charge in [0, 0.05) is 11.8 Å². The van der Waals surface area contributed by atoms with Crippen LogP contribution in [0.1, 0.15) is 10.4 Å². The van der Waals surface area contributed by atoms with Gasteiger partial charge >= 0.3 is 0 Å². The molecule has 1 N–H and O–H groups in total. The number of nitrogens with zero attached hydrogens (tertiary/aromatic N) is 2. The second-order valence-electron chi connectivity index (χ2n) is 3.45. The lowest BCUT2D eigenvalue weighted by atomic mass is 10.2. The summed E-state index contributed by atoms with van der Waals surface area (Å²) in [6, 6.07) is 9.87. The van der Waals surface area contributed by atoms with Crippen LogP contribution in [0, 0.1) is 0 Å². The van der Waals surface area contributed by atoms with Crippen LogP contribution in [0.2, 0.25) is 0 Å². The zero-order valence-electron chi connectivity index (χ0n) is 9.33. The second-order valence-corrected chi connectivity index (χ2v) is 3.45. The number of carbonyl (C=O) groups excluding carboxylic acids is 2. The van der Waals surface area contributed by atoms with E-state index in [1.54, 1.807) is 42.7 Å². The van der Waals surface area contributed by atoms with E-state index in [-0.39, 0.29) is 5.91 Å². The summed E-state index contributed by atoms with van der Waals surface area (Å²) >= 11 is 0. The molecule has 1 aromatic heterocycles. The molecule has 18 heavy (non-hydrogen) atoms. The third-order valence-electron chi connectivity index (χ3n) is 2.20. The van der Waals surface area contributed by atoms with E-state index in [1.807, 2.05) is 0 Å². The molecule has 1 amide bonds. The molecule has 0 saturated heterocycles. The van der Waals surface area contributed by atoms with Crippen molar-refractivity contribution >= 4 is 23.4 Å². The molecule has 0 radical (unpaired) electrons. The van der Waals surface area contributed by atoms with Gasteiger partial charge in [-0.1, -0.05) is 6.07 Å². The van der Waals surface area contributed by atoms with Gasteiger partial charge in [-0.05, 0) is 30.3 Å². The third kappa shape index (κ3) is 2.87. The van der Waals surface area contributed by atoms with Gasteiger partial charge in [0.2, 0.25) is 6.08 Å². The average molecular weight is 239 g/mol. The van der Waals surface area contributed by atoms with E-state index in [0.29, 0.717) is 16.9 Å². The molecule has 0 bridgehead atoms. The average Bonchev–Trinajstić information content (AvgIpc) is 2.40. The Labute approximate surface area is 103 Å². The quantitative estimate of drug-likeness (QED) is 0.659. The van der Waals surface area contributed by atoms with Gasteiger partial charge in [0.1, 0.15) is 0 Å². The van der Waals surface area contributed by atoms with Crippen LogP contribution in [0.25, 0.3) is 0 Å². The highest BCUT2D eigenvalue weighted by Gasteiger charge is 2.06. The summed E-state index contributed by atoms with van der Waals surface area (Å²) in [5, 5.41) is 2.69. The van der Waals surface area contributed by atoms with Crippen LogP contribution in [0.4, 0.5) is 11.4 Å². The lowest BCUT2D eigenvalue weighted by Crippen LogP contribution is -2.11. The van der Waals surface area contributed by atoms with Crippen LogP contribution in [0.3, 0.4) is 0 Å². The van der Waals surface area contributed by atoms with E-state index >= 15 is 0 Å². The lowest BCUT2D eigenvalue weighted by Gasteiger charge is -2.04. The summed E-state index contributed by atoms with van der Waals surface area (Å²) in [6.07, 6.45) is 4.60. The second kappa shape index (κ2) is 5.52. The number of anilines is 1. The molecule has 0 aliphatic heterocycles. The highest BCUT2D eigenvalue weighted by Crippen LogP contribution is 2.14. The number of rotatable bonds is 3. The van der Waals surface area contributed by atoms with Gasteiger partial charge in [-0.2, -0.15) is 4.99 Å². The first kappa shape index (κ1) is 11.7. The van der Waals surface area contributed by atoms with Crippen molar-refractivity contribution in [1.82, 2.24) is 4.98 Å². The number of nitrogens with one attached hydrogen (secondary N) is 1. The minimum atomic E-state index is -0.286. The third-order valence-corrected chi connectivity index (χ3v) is 2.20. The Bertz CT molecular complexity index is 605. The van der Waals surface area contributed by atoms with Crippen molar-refractivity contribution in [3.63, 3.8) is 0 Å². The van der Waals surface area contributed by atoms with Crippen molar-refractivity contribution in [2.45, 2.75) is 0 Å². The molecule has 0 aliphatic carbocycles. The maximum atomic E-state index is 11.9. The summed E-state index contributed by atoms with van der Waals surface area (Å²) in [7, 11) is 0. The molecule has 0 unspecified atom stereocenters. The van der Waals surface area contributed by atoms with E-state index in [2.05, 4.69) is 15.3 Å². The predicted molar refractivity (Wildman–Crippen MR) is 66.4 cm³/mol. The summed E-state index contributed by atoms with van der Waals surface area (Å²) < 4.78 is 0. The topological polar surface area (TPSA) is 71.4 Å². The van der Waals surface area contributed by atoms with E-state index < -0.39 is 0 Å². The number of carbonyl (C=O) groups is 1. The number of amides is 1. The van der Waals surface area contributed by atoms with E-state index in [9.17, 15) is 9.59 Å². The number of pyridine rings is 1. The van der Waals surface area contributed by atoms with E-state index in [1.165, 1.54) is 12.1 Å². The first-order valence-corrected chi connectivity index (χ1v) is 5.19. The molecule has 1 heterocycles. The van der Waals surface area contributed by atoms with Crippen LogP contribution in [-0.2, 0) is 4.79 Å². The standard InChI is InChI=1S/C13H9N3O2/c17-9-15-11-4-1-3-10(7-11)13(18)16-12-5-2-6-14-8-12/h1-8H,(H,16,18). The lowest BCUT2D eigenvalue weighted by molar-refractivity contribution is 0.102. The Kier molecular flexibility index (Phi) is 3.59. The van der Waals surface area contributed by atoms with Crippen LogP contribution in [0.5, 0.6) is 0 Å². The van der Waals surface area contributed by atoms with Crippen LogP contribution in [-0.4, -0.2) is 17.0 Å². The molecule has 5 nitrogen and oxygen atoms in total. The first-order chi connectivity index (χ1) is 8.79. The zero-order valence-corrected chi connectivity index (χ0v) is 9.33. The fourth-order valence-corrected chi connectivity index (χ4v) is 1.41. The fourth-order valence-electron chi connectivity index (χ4n) is 1.41. The van der Waals surface area contributed by atoms with Gasteiger partial charge in [0.05, 0.1) is 17.6 Å². The van der Waals surface area contributed by atoms with Gasteiger partial charge in [0.25, 0.3) is 5.91 Å². The van der Waals surface area contributed by atoms with Gasteiger partial charge in [-0.25, -0.2) is 4.79 Å². The van der Waals surface area contributed by atoms with E-state index in [4.69, 9.17) is 0 Å². The number of isocyanates is 1. The van der Waals surface area contributed by atoms with Crippen molar-refractivity contribution in [2.24, 2.45) is 4.99 Å². The number of hydrogen-bond acceptors (Lipinski definition) is 4. The van der Waals surface area contributed by atoms with Crippen LogP contribution in [0.15, 0.2) is 53.8 Å². The van der Waals surface area contributed by atoms with Gasteiger partial charge in [-0.3, -0.25) is 9.78 Å². The molecule has 0 spiro atoms. The number of aromatic nitrogens is 1. The Morgan fingerprint density at radius 3 is 2.89 bits per heavy atom. The summed E-state index contributed by atoms with van der Waals surface area (Å²) in [4.78, 5) is 29.4. The summed E-state index contributed by atoms with van der Waals surface area (Å²) in [5.74, 6) is -0.286. The highest BCUT2D eigenvalue weighted by molar-refractivity contribution is 6.04. The molecule has 88 valence electrons. The van der Waals surface area contributed by atoms with Gasteiger partial charge < -0.3 is 5.32 Å². The zero-order chi connectivity index (χ0) is 12.8. The molecule has 1 aromatic carbocycles. The molecule has 2 rings (SSSR count). The predicted octanol–water partition coefficient (Wildman–Crippen LogP) is 2.30. The molecular weight excluding hydrogens is 230 g/mol. The van der Waals surface area contributed by atoms with Crippen LogP contribution < -0.4 is 5.32 Å². The monoisotopic (exact) mass is 239 g/mol. The maximum Gasteiger partial charge on any atom is 0.255 e. The van der Waals surface area contributed by atoms with Crippen molar-refractivity contribution in [3.8, 4) is 0 Å². The molecule has 0 fully saturated rings. The molecule has 0 atom stereocenters. The Hall–Kier alpha value is -2.78. The number of aliphatic imine (C=N–C) groups is 1. The summed E-state index contributed by atoms with van der Waals surface area (Å²) in [5.41, 5.74) is 1.41. The van der Waals surface area contributed by atoms with Crippen molar-refractivity contribution in [1.29, 1.82) is 0 Å². The van der Waals surface area contributed by atoms with Crippen molar-refractivity contribution < 1.29 is 9.59 Å². The number of hydrogen-bond donors (Lipinski definition) is 1. The van der Waals surface area contributed by atoms with E-state index in [0.717, 1.165) is 0 Å². The van der Waals surface area contributed by atoms with Gasteiger partial charge in [0.15, 0.2) is 0 Å². The molecule has 0 saturated carbocycles. The summed E-state index contributed by atoms with van der Waals surface area (Å²) in [6.45, 7) is 0. The van der Waals surface area contributed by atoms with Crippen LogP contribution >= 0.6 is 0 Å². The molecule has 5 heteroatoms. The Morgan fingerprint density at radius 2 is 2.17 bits per heavy atom. The minimum Gasteiger partial charge on any atom is -0.321 e. The Balaban J connectivity index is 2.19. The van der Waals surface area contributed by atoms with Crippen molar-refractivity contribution in [3.05, 3.63) is 54.4 Å². The maximum absolute atomic E-state index is 11.9. The molecule has 2 aromatic rings.